The molecule has 4 nitrogen and oxygen atoms in total. The van der Waals surface area contributed by atoms with E-state index in [1.165, 1.54) is 0 Å². The highest BCUT2D eigenvalue weighted by molar-refractivity contribution is 5.77. The van der Waals surface area contributed by atoms with E-state index in [4.69, 9.17) is 9.84 Å². The fourth-order valence-corrected chi connectivity index (χ4v) is 1.75. The van der Waals surface area contributed by atoms with E-state index in [9.17, 15) is 4.79 Å². The minimum Gasteiger partial charge on any atom is -0.483 e. The second-order valence-electron chi connectivity index (χ2n) is 4.49. The molecular formula is C14H21NO3. The number of amides is 1. The molecule has 2 N–H and O–H groups in total. The van der Waals surface area contributed by atoms with Crippen LogP contribution in [0.1, 0.15) is 24.5 Å². The van der Waals surface area contributed by atoms with Gasteiger partial charge in [-0.3, -0.25) is 4.79 Å². The first-order valence-electron chi connectivity index (χ1n) is 6.13. The van der Waals surface area contributed by atoms with Crippen LogP contribution in [0.4, 0.5) is 0 Å². The number of aryl methyl sites for hydroxylation is 2. The predicted octanol–water partition coefficient (Wildman–Crippen LogP) is 1.57. The Bertz CT molecular complexity index is 384. The zero-order chi connectivity index (χ0) is 13.5. The lowest BCUT2D eigenvalue weighted by molar-refractivity contribution is -0.123. The molecule has 0 radical (unpaired) electrons. The highest BCUT2D eigenvalue weighted by Crippen LogP contribution is 2.21. The van der Waals surface area contributed by atoms with Gasteiger partial charge in [-0.25, -0.2) is 0 Å². The molecule has 0 saturated heterocycles. The molecule has 1 aromatic carbocycles. The van der Waals surface area contributed by atoms with Gasteiger partial charge < -0.3 is 15.2 Å². The summed E-state index contributed by atoms with van der Waals surface area (Å²) < 4.78 is 5.53. The van der Waals surface area contributed by atoms with Gasteiger partial charge in [0, 0.05) is 12.6 Å². The molecule has 4 heteroatoms. The zero-order valence-electron chi connectivity index (χ0n) is 11.2. The van der Waals surface area contributed by atoms with Gasteiger partial charge >= 0.3 is 0 Å². The van der Waals surface area contributed by atoms with Crippen molar-refractivity contribution < 1.29 is 14.6 Å². The average molecular weight is 251 g/mol. The minimum absolute atomic E-state index is 0.00145. The molecule has 0 fully saturated rings. The van der Waals surface area contributed by atoms with Gasteiger partial charge in [0.2, 0.25) is 0 Å². The molecular weight excluding hydrogens is 230 g/mol. The molecule has 0 aliphatic rings. The summed E-state index contributed by atoms with van der Waals surface area (Å²) in [6.07, 6.45) is 0.551. The second kappa shape index (κ2) is 7.01. The molecule has 0 heterocycles. The SMILES string of the molecule is Cc1cccc(C)c1OCC(=O)NC(C)CCO. The molecule has 0 aliphatic carbocycles. The number of rotatable bonds is 6. The Kier molecular flexibility index (Phi) is 5.65. The first-order chi connectivity index (χ1) is 8.54. The lowest BCUT2D eigenvalue weighted by Gasteiger charge is -2.14. The molecule has 0 spiro atoms. The maximum atomic E-state index is 11.6. The summed E-state index contributed by atoms with van der Waals surface area (Å²) in [4.78, 5) is 11.6. The Balaban J connectivity index is 2.48. The predicted molar refractivity (Wildman–Crippen MR) is 70.7 cm³/mol. The van der Waals surface area contributed by atoms with E-state index in [1.807, 2.05) is 39.0 Å². The van der Waals surface area contributed by atoms with Gasteiger partial charge in [0.15, 0.2) is 6.61 Å². The molecule has 1 unspecified atom stereocenters. The third kappa shape index (κ3) is 4.37. The molecule has 0 aromatic heterocycles. The van der Waals surface area contributed by atoms with Crippen LogP contribution in [0, 0.1) is 13.8 Å². The van der Waals surface area contributed by atoms with E-state index >= 15 is 0 Å². The maximum Gasteiger partial charge on any atom is 0.258 e. The molecule has 18 heavy (non-hydrogen) atoms. The van der Waals surface area contributed by atoms with E-state index in [1.54, 1.807) is 0 Å². The van der Waals surface area contributed by atoms with Crippen molar-refractivity contribution in [3.63, 3.8) is 0 Å². The maximum absolute atomic E-state index is 11.6. The lowest BCUT2D eigenvalue weighted by atomic mass is 10.1. The van der Waals surface area contributed by atoms with Crippen molar-refractivity contribution in [3.8, 4) is 5.75 Å². The first kappa shape index (κ1) is 14.5. The summed E-state index contributed by atoms with van der Waals surface area (Å²) in [6.45, 7) is 5.83. The van der Waals surface area contributed by atoms with E-state index in [-0.39, 0.29) is 25.2 Å². The topological polar surface area (TPSA) is 58.6 Å². The molecule has 100 valence electrons. The van der Waals surface area contributed by atoms with Crippen molar-refractivity contribution in [2.24, 2.45) is 0 Å². The van der Waals surface area contributed by atoms with Crippen LogP contribution in [0.5, 0.6) is 5.75 Å². The molecule has 0 bridgehead atoms. The van der Waals surface area contributed by atoms with Gasteiger partial charge in [-0.15, -0.1) is 0 Å². The summed E-state index contributed by atoms with van der Waals surface area (Å²) in [6, 6.07) is 5.83. The van der Waals surface area contributed by atoms with Crippen molar-refractivity contribution >= 4 is 5.91 Å². The second-order valence-corrected chi connectivity index (χ2v) is 4.49. The molecule has 1 amide bonds. The summed E-state index contributed by atoms with van der Waals surface area (Å²) in [5, 5.41) is 11.5. The van der Waals surface area contributed by atoms with Crippen molar-refractivity contribution in [3.05, 3.63) is 29.3 Å². The normalized spacial score (nSPS) is 12.0. The smallest absolute Gasteiger partial charge is 0.258 e. The zero-order valence-corrected chi connectivity index (χ0v) is 11.2. The van der Waals surface area contributed by atoms with Crippen LogP contribution >= 0.6 is 0 Å². The van der Waals surface area contributed by atoms with E-state index in [2.05, 4.69) is 5.32 Å². The molecule has 1 aromatic rings. The molecule has 1 atom stereocenters. The van der Waals surface area contributed by atoms with Gasteiger partial charge in [-0.05, 0) is 38.3 Å². The quantitative estimate of drug-likeness (QED) is 0.807. The summed E-state index contributed by atoms with van der Waals surface area (Å²) in [5.41, 5.74) is 2.04. The van der Waals surface area contributed by atoms with Gasteiger partial charge in [0.05, 0.1) is 0 Å². The van der Waals surface area contributed by atoms with Crippen LogP contribution in [-0.2, 0) is 4.79 Å². The number of hydrogen-bond acceptors (Lipinski definition) is 3. The van der Waals surface area contributed by atoms with Crippen LogP contribution in [0.3, 0.4) is 0 Å². The number of benzene rings is 1. The Hall–Kier alpha value is -1.55. The van der Waals surface area contributed by atoms with Crippen molar-refractivity contribution in [1.29, 1.82) is 0 Å². The fraction of sp³-hybridized carbons (Fsp3) is 0.500. The van der Waals surface area contributed by atoms with Crippen molar-refractivity contribution in [1.82, 2.24) is 5.32 Å². The highest BCUT2D eigenvalue weighted by Gasteiger charge is 2.09. The average Bonchev–Trinajstić information content (AvgIpc) is 2.28. The number of aliphatic hydroxyl groups excluding tert-OH is 1. The van der Waals surface area contributed by atoms with Gasteiger partial charge in [-0.1, -0.05) is 18.2 Å². The number of carbonyl (C=O) groups excluding carboxylic acids is 1. The Morgan fingerprint density at radius 3 is 2.56 bits per heavy atom. The van der Waals surface area contributed by atoms with E-state index < -0.39 is 0 Å². The fourth-order valence-electron chi connectivity index (χ4n) is 1.75. The van der Waals surface area contributed by atoms with E-state index in [0.717, 1.165) is 16.9 Å². The Labute approximate surface area is 108 Å². The Morgan fingerprint density at radius 2 is 2.00 bits per heavy atom. The van der Waals surface area contributed by atoms with Gasteiger partial charge in [0.1, 0.15) is 5.75 Å². The van der Waals surface area contributed by atoms with Crippen LogP contribution < -0.4 is 10.1 Å². The summed E-state index contributed by atoms with van der Waals surface area (Å²) in [7, 11) is 0. The third-order valence-electron chi connectivity index (χ3n) is 2.73. The number of para-hydroxylation sites is 1. The van der Waals surface area contributed by atoms with Crippen LogP contribution in [0.2, 0.25) is 0 Å². The molecule has 1 rings (SSSR count). The van der Waals surface area contributed by atoms with Crippen LogP contribution in [0.15, 0.2) is 18.2 Å². The Morgan fingerprint density at radius 1 is 1.39 bits per heavy atom. The summed E-state index contributed by atoms with van der Waals surface area (Å²) in [5.74, 6) is 0.598. The highest BCUT2D eigenvalue weighted by atomic mass is 16.5. The molecule has 0 saturated carbocycles. The third-order valence-corrected chi connectivity index (χ3v) is 2.73. The molecule has 0 aliphatic heterocycles. The monoisotopic (exact) mass is 251 g/mol. The standard InChI is InChI=1S/C14H21NO3/c1-10-5-4-6-11(2)14(10)18-9-13(17)15-12(3)7-8-16/h4-6,12,16H,7-9H2,1-3H3,(H,15,17). The largest absolute Gasteiger partial charge is 0.483 e. The number of aliphatic hydroxyl groups is 1. The van der Waals surface area contributed by atoms with Gasteiger partial charge in [-0.2, -0.15) is 0 Å². The first-order valence-corrected chi connectivity index (χ1v) is 6.13. The van der Waals surface area contributed by atoms with Gasteiger partial charge in [0.25, 0.3) is 5.91 Å². The summed E-state index contributed by atoms with van der Waals surface area (Å²) >= 11 is 0. The number of ether oxygens (including phenoxy) is 1. The van der Waals surface area contributed by atoms with Crippen molar-refractivity contribution in [2.45, 2.75) is 33.2 Å². The van der Waals surface area contributed by atoms with Crippen molar-refractivity contribution in [2.75, 3.05) is 13.2 Å². The number of nitrogens with one attached hydrogen (secondary N) is 1. The van der Waals surface area contributed by atoms with E-state index in [0.29, 0.717) is 6.42 Å². The van der Waals surface area contributed by atoms with Crippen LogP contribution in [0.25, 0.3) is 0 Å². The lowest BCUT2D eigenvalue weighted by Crippen LogP contribution is -2.36. The minimum atomic E-state index is -0.168. The number of hydrogen-bond donors (Lipinski definition) is 2. The van der Waals surface area contributed by atoms with Crippen LogP contribution in [-0.4, -0.2) is 30.3 Å². The number of carbonyl (C=O) groups is 1.